The van der Waals surface area contributed by atoms with Crippen LogP contribution in [0.25, 0.3) is 32.3 Å². The molecule has 0 radical (unpaired) electrons. The maximum absolute atomic E-state index is 2.28. The van der Waals surface area contributed by atoms with Crippen molar-refractivity contribution in [2.45, 2.75) is 0 Å². The topological polar surface area (TPSA) is 12.7 Å². The van der Waals surface area contributed by atoms with Crippen LogP contribution in [-0.2, 0) is 21.1 Å². The van der Waals surface area contributed by atoms with Crippen LogP contribution in [0.3, 0.4) is 0 Å². The molecule has 4 aromatic rings. The second-order valence-corrected chi connectivity index (χ2v) is 6.82. The van der Waals surface area contributed by atoms with Crippen molar-refractivity contribution in [2.75, 3.05) is 0 Å². The quantitative estimate of drug-likeness (QED) is 0.503. The van der Waals surface area contributed by atoms with Crippen molar-refractivity contribution in [3.63, 3.8) is 0 Å². The highest BCUT2D eigenvalue weighted by molar-refractivity contribution is 7.21. The van der Waals surface area contributed by atoms with Crippen LogP contribution >= 0.6 is 11.3 Å². The molecule has 0 fully saturated rings. The Morgan fingerprint density at radius 1 is 0.826 bits per heavy atom. The largest absolute Gasteiger partial charge is 0.346 e. The monoisotopic (exact) mass is 321 g/mol. The van der Waals surface area contributed by atoms with E-state index in [2.05, 4.69) is 95.6 Å². The van der Waals surface area contributed by atoms with Crippen molar-refractivity contribution in [3.05, 3.63) is 60.8 Å². The molecule has 0 aliphatic heterocycles. The van der Waals surface area contributed by atoms with Gasteiger partial charge in [-0.2, -0.15) is 9.13 Å². The van der Waals surface area contributed by atoms with Crippen molar-refractivity contribution in [3.8, 4) is 22.1 Å². The van der Waals surface area contributed by atoms with Gasteiger partial charge >= 0.3 is 5.01 Å². The van der Waals surface area contributed by atoms with Crippen LogP contribution in [0.15, 0.2) is 60.8 Å². The molecule has 4 rings (SSSR count). The third kappa shape index (κ3) is 2.18. The highest BCUT2D eigenvalue weighted by Gasteiger charge is 2.27. The summed E-state index contributed by atoms with van der Waals surface area (Å²) in [5, 5.41) is 1.27. The van der Waals surface area contributed by atoms with Gasteiger partial charge in [0.1, 0.15) is 24.5 Å². The molecule has 3 heterocycles. The highest BCUT2D eigenvalue weighted by Crippen LogP contribution is 2.27. The minimum atomic E-state index is 1.22. The second kappa shape index (κ2) is 5.32. The molecule has 0 unspecified atom stereocenters. The average molecular weight is 321 g/mol. The van der Waals surface area contributed by atoms with Crippen molar-refractivity contribution in [1.29, 1.82) is 0 Å². The number of benzene rings is 1. The van der Waals surface area contributed by atoms with Crippen molar-refractivity contribution in [2.24, 2.45) is 21.1 Å². The molecule has 23 heavy (non-hydrogen) atoms. The lowest BCUT2D eigenvalue weighted by Crippen LogP contribution is -2.38. The lowest BCUT2D eigenvalue weighted by Gasteiger charge is -2.03. The van der Waals surface area contributed by atoms with E-state index < -0.39 is 0 Å². The molecule has 3 nitrogen and oxygen atoms in total. The molecule has 0 aliphatic rings. The maximum Gasteiger partial charge on any atom is 0.335 e. The van der Waals surface area contributed by atoms with Crippen LogP contribution < -0.4 is 9.13 Å². The van der Waals surface area contributed by atoms with E-state index >= 15 is 0 Å². The van der Waals surface area contributed by atoms with Crippen molar-refractivity contribution < 1.29 is 9.13 Å². The molecule has 0 aliphatic carbocycles. The van der Waals surface area contributed by atoms with E-state index in [1.165, 1.54) is 32.3 Å². The smallest absolute Gasteiger partial charge is 0.335 e. The van der Waals surface area contributed by atoms with Gasteiger partial charge in [0, 0.05) is 31.4 Å². The predicted molar refractivity (Wildman–Crippen MR) is 94.0 cm³/mol. The molecule has 0 amide bonds. The normalized spacial score (nSPS) is 11.3. The zero-order valence-electron chi connectivity index (χ0n) is 13.5. The second-order valence-electron chi connectivity index (χ2n) is 5.79. The molecule has 0 saturated heterocycles. The Morgan fingerprint density at radius 2 is 1.61 bits per heavy atom. The summed E-state index contributed by atoms with van der Waals surface area (Å²) in [7, 11) is 6.37. The molecule has 0 saturated carbocycles. The Morgan fingerprint density at radius 3 is 2.35 bits per heavy atom. The SMILES string of the molecule is Cn1cccc1-c1cccc(-c2sc3ccccc3[n+]2C)[n+]1C. The first kappa shape index (κ1) is 14.2. The van der Waals surface area contributed by atoms with E-state index in [9.17, 15) is 0 Å². The van der Waals surface area contributed by atoms with Gasteiger partial charge in [0.15, 0.2) is 0 Å². The minimum absolute atomic E-state index is 1.22. The van der Waals surface area contributed by atoms with Gasteiger partial charge in [0.2, 0.25) is 11.2 Å². The summed E-state index contributed by atoms with van der Waals surface area (Å²) in [5.41, 5.74) is 4.94. The Balaban J connectivity index is 1.96. The lowest BCUT2D eigenvalue weighted by atomic mass is 10.2. The Hall–Kier alpha value is -2.46. The van der Waals surface area contributed by atoms with Crippen molar-refractivity contribution >= 4 is 21.6 Å². The molecule has 114 valence electrons. The van der Waals surface area contributed by atoms with Gasteiger partial charge in [-0.25, -0.2) is 0 Å². The molecule has 3 aromatic heterocycles. The Kier molecular flexibility index (Phi) is 3.27. The first-order chi connectivity index (χ1) is 11.2. The molecule has 0 bridgehead atoms. The summed E-state index contributed by atoms with van der Waals surface area (Å²) in [4.78, 5) is 0. The van der Waals surface area contributed by atoms with Crippen LogP contribution in [0.2, 0.25) is 0 Å². The van der Waals surface area contributed by atoms with E-state index in [1.807, 2.05) is 11.3 Å². The number of pyridine rings is 1. The van der Waals surface area contributed by atoms with Gasteiger partial charge < -0.3 is 4.57 Å². The van der Waals surface area contributed by atoms with E-state index in [0.717, 1.165) is 0 Å². The van der Waals surface area contributed by atoms with E-state index in [4.69, 9.17) is 0 Å². The third-order valence-electron chi connectivity index (χ3n) is 4.39. The number of hydrogen-bond donors (Lipinski definition) is 0. The van der Waals surface area contributed by atoms with Gasteiger partial charge in [-0.15, -0.1) is 0 Å². The fourth-order valence-corrected chi connectivity index (χ4v) is 4.32. The van der Waals surface area contributed by atoms with E-state index in [-0.39, 0.29) is 0 Å². The number of aromatic nitrogens is 3. The van der Waals surface area contributed by atoms with Gasteiger partial charge in [-0.3, -0.25) is 0 Å². The lowest BCUT2D eigenvalue weighted by molar-refractivity contribution is -0.670. The molecular weight excluding hydrogens is 302 g/mol. The molecule has 4 heteroatoms. The van der Waals surface area contributed by atoms with E-state index in [1.54, 1.807) is 0 Å². The molecule has 1 aromatic carbocycles. The van der Waals surface area contributed by atoms with E-state index in [0.29, 0.717) is 0 Å². The Bertz CT molecular complexity index is 1010. The third-order valence-corrected chi connectivity index (χ3v) is 5.64. The van der Waals surface area contributed by atoms with Crippen molar-refractivity contribution in [1.82, 2.24) is 4.57 Å². The average Bonchev–Trinajstić information content (AvgIpc) is 3.12. The number of nitrogens with zero attached hydrogens (tertiary/aromatic N) is 3. The first-order valence-electron chi connectivity index (χ1n) is 7.65. The number of para-hydroxylation sites is 1. The van der Waals surface area contributed by atoms with Gasteiger partial charge in [-0.05, 0) is 24.3 Å². The van der Waals surface area contributed by atoms with Crippen LogP contribution in [0.4, 0.5) is 0 Å². The van der Waals surface area contributed by atoms with Gasteiger partial charge in [-0.1, -0.05) is 23.5 Å². The molecule has 0 atom stereocenters. The highest BCUT2D eigenvalue weighted by atomic mass is 32.1. The summed E-state index contributed by atoms with van der Waals surface area (Å²) >= 11 is 1.84. The number of thiazole rings is 1. The summed E-state index contributed by atoms with van der Waals surface area (Å²) in [6.45, 7) is 0. The number of rotatable bonds is 2. The zero-order valence-corrected chi connectivity index (χ0v) is 14.3. The molecule has 0 N–H and O–H groups in total. The van der Waals surface area contributed by atoms with Crippen LogP contribution in [0, 0.1) is 0 Å². The summed E-state index contributed by atoms with van der Waals surface area (Å²) in [6, 6.07) is 19.3. The van der Waals surface area contributed by atoms with Gasteiger partial charge in [0.05, 0.1) is 0 Å². The standard InChI is InChI=1S/C19H19N3S/c1-20-13-7-11-14(20)15-9-6-10-17(21(15)2)19-22(3)16-8-4-5-12-18(16)23-19/h4-13H,1-3H3/q+2. The number of aryl methyl sites for hydroxylation is 2. The predicted octanol–water partition coefficient (Wildman–Crippen LogP) is 3.22. The summed E-state index contributed by atoms with van der Waals surface area (Å²) in [6.07, 6.45) is 2.08. The van der Waals surface area contributed by atoms with Crippen LogP contribution in [-0.4, -0.2) is 4.57 Å². The minimum Gasteiger partial charge on any atom is -0.346 e. The summed E-state index contributed by atoms with van der Waals surface area (Å²) in [5.74, 6) is 0. The zero-order chi connectivity index (χ0) is 16.0. The molecular formula is C19H19N3S+2. The van der Waals surface area contributed by atoms with Crippen LogP contribution in [0.1, 0.15) is 0 Å². The first-order valence-corrected chi connectivity index (χ1v) is 8.47. The fraction of sp³-hybridized carbons (Fsp3) is 0.158. The molecule has 0 spiro atoms. The fourth-order valence-electron chi connectivity index (χ4n) is 3.11. The van der Waals surface area contributed by atoms with Crippen LogP contribution in [0.5, 0.6) is 0 Å². The Labute approximate surface area is 139 Å². The van der Waals surface area contributed by atoms with Gasteiger partial charge in [0.25, 0.3) is 5.69 Å². The maximum atomic E-state index is 2.28. The number of hydrogen-bond acceptors (Lipinski definition) is 1. The number of fused-ring (bicyclic) bond motifs is 1. The summed E-state index contributed by atoms with van der Waals surface area (Å²) < 4.78 is 8.03.